The lowest BCUT2D eigenvalue weighted by atomic mass is 9.91. The van der Waals surface area contributed by atoms with Gasteiger partial charge in [0.05, 0.1) is 20.3 Å². The molecule has 0 saturated carbocycles. The van der Waals surface area contributed by atoms with E-state index in [0.717, 1.165) is 5.56 Å². The molecule has 2 aromatic carbocycles. The van der Waals surface area contributed by atoms with Crippen molar-refractivity contribution in [3.63, 3.8) is 0 Å². The summed E-state index contributed by atoms with van der Waals surface area (Å²) in [5, 5.41) is 6.28. The molecule has 2 amide bonds. The smallest absolute Gasteiger partial charge is 0.255 e. The number of amides is 2. The fourth-order valence-electron chi connectivity index (χ4n) is 3.54. The maximum absolute atomic E-state index is 14.5. The van der Waals surface area contributed by atoms with E-state index < -0.39 is 17.8 Å². The molecule has 2 aromatic rings. The number of halogens is 1. The van der Waals surface area contributed by atoms with Crippen molar-refractivity contribution in [3.05, 3.63) is 53.3 Å². The molecule has 166 valence electrons. The third-order valence-corrected chi connectivity index (χ3v) is 5.11. The highest BCUT2D eigenvalue weighted by molar-refractivity contribution is 5.77. The number of carbonyl (C=O) groups excluding carboxylic acids is 2. The van der Waals surface area contributed by atoms with E-state index in [1.807, 2.05) is 6.07 Å². The van der Waals surface area contributed by atoms with Crippen LogP contribution in [0.15, 0.2) is 36.4 Å². The molecule has 0 spiro atoms. The van der Waals surface area contributed by atoms with E-state index in [9.17, 15) is 14.0 Å². The zero-order chi connectivity index (χ0) is 22.4. The lowest BCUT2D eigenvalue weighted by Gasteiger charge is -2.33. The maximum Gasteiger partial charge on any atom is 0.255 e. The summed E-state index contributed by atoms with van der Waals surface area (Å²) >= 11 is 0. The van der Waals surface area contributed by atoms with Crippen molar-refractivity contribution >= 4 is 11.8 Å². The fourth-order valence-corrected chi connectivity index (χ4v) is 3.54. The maximum atomic E-state index is 14.5. The third kappa shape index (κ3) is 5.64. The normalized spacial score (nSPS) is 18.2. The van der Waals surface area contributed by atoms with E-state index in [4.69, 9.17) is 19.9 Å². The first kappa shape index (κ1) is 22.4. The number of hydrogen-bond donors (Lipinski definition) is 3. The Bertz CT molecular complexity index is 953. The summed E-state index contributed by atoms with van der Waals surface area (Å²) in [4.78, 5) is 22.9. The van der Waals surface area contributed by atoms with Crippen LogP contribution in [0.5, 0.6) is 17.2 Å². The van der Waals surface area contributed by atoms with Crippen molar-refractivity contribution in [2.45, 2.75) is 31.5 Å². The van der Waals surface area contributed by atoms with Gasteiger partial charge in [-0.05, 0) is 42.3 Å². The molecular weight excluding hydrogens is 405 g/mol. The van der Waals surface area contributed by atoms with Crippen molar-refractivity contribution in [3.8, 4) is 17.2 Å². The van der Waals surface area contributed by atoms with Crippen LogP contribution >= 0.6 is 0 Å². The van der Waals surface area contributed by atoms with E-state index in [2.05, 4.69) is 10.6 Å². The Morgan fingerprint density at radius 3 is 2.71 bits per heavy atom. The van der Waals surface area contributed by atoms with Gasteiger partial charge in [-0.2, -0.15) is 0 Å². The highest BCUT2D eigenvalue weighted by Crippen LogP contribution is 2.31. The molecule has 2 atom stereocenters. The first-order chi connectivity index (χ1) is 14.9. The number of rotatable bonds is 9. The largest absolute Gasteiger partial charge is 0.497 e. The molecule has 1 aliphatic heterocycles. The van der Waals surface area contributed by atoms with Crippen molar-refractivity contribution < 1.29 is 28.2 Å². The summed E-state index contributed by atoms with van der Waals surface area (Å²) in [6, 6.07) is 9.07. The molecule has 8 nitrogen and oxygen atoms in total. The molecule has 4 N–H and O–H groups in total. The number of ether oxygens (including phenoxy) is 3. The fraction of sp³-hybridized carbons (Fsp3) is 0.364. The number of nitrogens with one attached hydrogen (secondary N) is 2. The number of methoxy groups -OCH3 is 2. The first-order valence-electron chi connectivity index (χ1n) is 9.85. The second-order valence-corrected chi connectivity index (χ2v) is 7.20. The second-order valence-electron chi connectivity index (χ2n) is 7.20. The van der Waals surface area contributed by atoms with E-state index >= 15 is 0 Å². The minimum absolute atomic E-state index is 0.122. The lowest BCUT2D eigenvalue weighted by Crippen LogP contribution is -2.48. The van der Waals surface area contributed by atoms with Gasteiger partial charge < -0.3 is 30.6 Å². The summed E-state index contributed by atoms with van der Waals surface area (Å²) < 4.78 is 30.4. The summed E-state index contributed by atoms with van der Waals surface area (Å²) in [5.41, 5.74) is 6.38. The Kier molecular flexibility index (Phi) is 7.30. The van der Waals surface area contributed by atoms with Gasteiger partial charge in [-0.1, -0.05) is 6.07 Å². The Balaban J connectivity index is 1.74. The zero-order valence-electron chi connectivity index (χ0n) is 17.4. The lowest BCUT2D eigenvalue weighted by molar-refractivity contribution is -0.124. The van der Waals surface area contributed by atoms with Crippen LogP contribution in [0.1, 0.15) is 30.0 Å². The molecular formula is C22H26FN3O5. The molecule has 0 bridgehead atoms. The van der Waals surface area contributed by atoms with Crippen LogP contribution in [0.2, 0.25) is 0 Å². The molecule has 1 aliphatic rings. The molecule has 1 heterocycles. The third-order valence-electron chi connectivity index (χ3n) is 5.11. The van der Waals surface area contributed by atoms with Gasteiger partial charge in [0.2, 0.25) is 5.91 Å². The molecule has 31 heavy (non-hydrogen) atoms. The van der Waals surface area contributed by atoms with Gasteiger partial charge in [0.25, 0.3) is 5.91 Å². The molecule has 0 aliphatic carbocycles. The van der Waals surface area contributed by atoms with E-state index in [0.29, 0.717) is 42.2 Å². The minimum Gasteiger partial charge on any atom is -0.497 e. The predicted octanol–water partition coefficient (Wildman–Crippen LogP) is 1.82. The first-order valence-corrected chi connectivity index (χ1v) is 9.85. The molecule has 1 saturated heterocycles. The number of piperidine rings is 1. The SMILES string of the molecule is COc1ccc(F)c([C@@H]2NC(=O)CC[C@H]2NCc2ccc(OCC(N)=O)c(OC)c2)c1. The predicted molar refractivity (Wildman–Crippen MR) is 111 cm³/mol. The molecule has 0 radical (unpaired) electrons. The van der Waals surface area contributed by atoms with Gasteiger partial charge in [-0.25, -0.2) is 4.39 Å². The van der Waals surface area contributed by atoms with Gasteiger partial charge in [-0.15, -0.1) is 0 Å². The van der Waals surface area contributed by atoms with Gasteiger partial charge in [0.15, 0.2) is 18.1 Å². The summed E-state index contributed by atoms with van der Waals surface area (Å²) in [6.07, 6.45) is 0.910. The van der Waals surface area contributed by atoms with Gasteiger partial charge in [-0.3, -0.25) is 9.59 Å². The van der Waals surface area contributed by atoms with Crippen molar-refractivity contribution in [2.75, 3.05) is 20.8 Å². The highest BCUT2D eigenvalue weighted by atomic mass is 19.1. The Hall–Kier alpha value is -3.33. The van der Waals surface area contributed by atoms with E-state index in [-0.39, 0.29) is 18.6 Å². The quantitative estimate of drug-likeness (QED) is 0.558. The molecule has 0 aromatic heterocycles. The van der Waals surface area contributed by atoms with Crippen LogP contribution < -0.4 is 30.6 Å². The van der Waals surface area contributed by atoms with Crippen LogP contribution in [-0.2, 0) is 16.1 Å². The molecule has 3 rings (SSSR count). The number of nitrogens with two attached hydrogens (primary N) is 1. The summed E-state index contributed by atoms with van der Waals surface area (Å²) in [7, 11) is 3.01. The van der Waals surface area contributed by atoms with Crippen molar-refractivity contribution in [1.29, 1.82) is 0 Å². The number of hydrogen-bond acceptors (Lipinski definition) is 6. The second kappa shape index (κ2) is 10.1. The number of carbonyl (C=O) groups is 2. The van der Waals surface area contributed by atoms with E-state index in [1.54, 1.807) is 24.3 Å². The summed E-state index contributed by atoms with van der Waals surface area (Å²) in [5.74, 6) is 0.286. The topological polar surface area (TPSA) is 112 Å². The Morgan fingerprint density at radius 1 is 1.19 bits per heavy atom. The molecule has 1 fully saturated rings. The summed E-state index contributed by atoms with van der Waals surface area (Å²) in [6.45, 7) is 0.207. The van der Waals surface area contributed by atoms with Crippen molar-refractivity contribution in [1.82, 2.24) is 10.6 Å². The molecule has 0 unspecified atom stereocenters. The van der Waals surface area contributed by atoms with Crippen LogP contribution in [0, 0.1) is 5.82 Å². The standard InChI is InChI=1S/C22H26FN3O5/c1-29-14-4-5-16(23)15(10-14)22-17(6-8-21(28)26-22)25-11-13-3-7-18(19(9-13)30-2)31-12-20(24)27/h3-5,7,9-10,17,22,25H,6,8,11-12H2,1-2H3,(H2,24,27)(H,26,28)/t17-,22+/m1/s1. The highest BCUT2D eigenvalue weighted by Gasteiger charge is 2.31. The van der Waals surface area contributed by atoms with Gasteiger partial charge in [0, 0.05) is 24.6 Å². The zero-order valence-corrected chi connectivity index (χ0v) is 17.4. The number of primary amides is 1. The molecule has 9 heteroatoms. The van der Waals surface area contributed by atoms with Crippen LogP contribution in [0.3, 0.4) is 0 Å². The van der Waals surface area contributed by atoms with Gasteiger partial charge >= 0.3 is 0 Å². The van der Waals surface area contributed by atoms with Crippen LogP contribution in [-0.4, -0.2) is 38.7 Å². The average Bonchev–Trinajstić information content (AvgIpc) is 2.77. The number of benzene rings is 2. The Morgan fingerprint density at radius 2 is 2.00 bits per heavy atom. The average molecular weight is 431 g/mol. The monoisotopic (exact) mass is 431 g/mol. The van der Waals surface area contributed by atoms with E-state index in [1.165, 1.54) is 20.3 Å². The van der Waals surface area contributed by atoms with Gasteiger partial charge in [0.1, 0.15) is 11.6 Å². The van der Waals surface area contributed by atoms with Crippen LogP contribution in [0.25, 0.3) is 0 Å². The van der Waals surface area contributed by atoms with Crippen LogP contribution in [0.4, 0.5) is 4.39 Å². The Labute approximate surface area is 179 Å². The minimum atomic E-state index is -0.581. The van der Waals surface area contributed by atoms with Crippen molar-refractivity contribution in [2.24, 2.45) is 5.73 Å².